The van der Waals surface area contributed by atoms with Crippen LogP contribution in [-0.2, 0) is 0 Å². The van der Waals surface area contributed by atoms with Crippen molar-refractivity contribution in [3.63, 3.8) is 0 Å². The van der Waals surface area contributed by atoms with E-state index in [9.17, 15) is 0 Å². The van der Waals surface area contributed by atoms with Gasteiger partial charge in [0.15, 0.2) is 11.5 Å². The summed E-state index contributed by atoms with van der Waals surface area (Å²) >= 11 is 0. The first-order chi connectivity index (χ1) is 11.3. The quantitative estimate of drug-likeness (QED) is 0.638. The number of hydrogen-bond acceptors (Lipinski definition) is 3. The Morgan fingerprint density at radius 3 is 2.00 bits per heavy atom. The zero-order valence-electron chi connectivity index (χ0n) is 14.0. The molecule has 0 aliphatic carbocycles. The van der Waals surface area contributed by atoms with E-state index in [-0.39, 0.29) is 0 Å². The second-order valence-corrected chi connectivity index (χ2v) is 4.85. The van der Waals surface area contributed by atoms with Gasteiger partial charge in [0.25, 0.3) is 0 Å². The number of benzene rings is 2. The van der Waals surface area contributed by atoms with E-state index in [1.165, 1.54) is 0 Å². The Balaban J connectivity index is 2.41. The molecule has 0 fully saturated rings. The van der Waals surface area contributed by atoms with E-state index in [0.717, 1.165) is 22.6 Å². The molecule has 0 amide bonds. The second-order valence-electron chi connectivity index (χ2n) is 4.85. The van der Waals surface area contributed by atoms with Gasteiger partial charge in [-0.3, -0.25) is 0 Å². The molecule has 3 heteroatoms. The highest BCUT2D eigenvalue weighted by Gasteiger charge is 2.15. The summed E-state index contributed by atoms with van der Waals surface area (Å²) in [6.07, 6.45) is 4.10. The Morgan fingerprint density at radius 2 is 1.35 bits per heavy atom. The maximum Gasteiger partial charge on any atom is 0.204 e. The molecule has 0 radical (unpaired) electrons. The van der Waals surface area contributed by atoms with Crippen molar-refractivity contribution in [1.29, 1.82) is 0 Å². The van der Waals surface area contributed by atoms with Gasteiger partial charge in [0.05, 0.1) is 19.8 Å². The van der Waals surface area contributed by atoms with Gasteiger partial charge in [-0.1, -0.05) is 42.5 Å². The van der Waals surface area contributed by atoms with Crippen LogP contribution in [0, 0.1) is 0 Å². The molecular weight excluding hydrogens is 288 g/mol. The van der Waals surface area contributed by atoms with Gasteiger partial charge < -0.3 is 14.2 Å². The summed E-state index contributed by atoms with van der Waals surface area (Å²) < 4.78 is 17.3. The largest absolute Gasteiger partial charge is 0.490 e. The Bertz CT molecular complexity index is 633. The van der Waals surface area contributed by atoms with Crippen LogP contribution >= 0.6 is 0 Å². The first-order valence-electron chi connectivity index (χ1n) is 8.08. The van der Waals surface area contributed by atoms with Crippen LogP contribution in [0.15, 0.2) is 42.5 Å². The summed E-state index contributed by atoms with van der Waals surface area (Å²) in [6.45, 7) is 7.60. The second kappa shape index (κ2) is 8.89. The molecule has 0 bridgehead atoms. The molecule has 0 aliphatic heterocycles. The van der Waals surface area contributed by atoms with Gasteiger partial charge >= 0.3 is 0 Å². The van der Waals surface area contributed by atoms with E-state index in [1.807, 2.05) is 57.2 Å². The van der Waals surface area contributed by atoms with E-state index < -0.39 is 0 Å². The average molecular weight is 312 g/mol. The lowest BCUT2D eigenvalue weighted by molar-refractivity contribution is 0.260. The fourth-order valence-electron chi connectivity index (χ4n) is 2.28. The minimum Gasteiger partial charge on any atom is -0.490 e. The van der Waals surface area contributed by atoms with Crippen LogP contribution in [0.4, 0.5) is 0 Å². The molecule has 0 aliphatic rings. The molecule has 0 unspecified atom stereocenters. The lowest BCUT2D eigenvalue weighted by atomic mass is 10.1. The fraction of sp³-hybridized carbons (Fsp3) is 0.300. The van der Waals surface area contributed by atoms with E-state index in [4.69, 9.17) is 14.2 Å². The molecule has 0 aromatic heterocycles. The van der Waals surface area contributed by atoms with Crippen molar-refractivity contribution in [2.75, 3.05) is 19.8 Å². The van der Waals surface area contributed by atoms with E-state index in [0.29, 0.717) is 25.6 Å². The van der Waals surface area contributed by atoms with Crippen LogP contribution in [-0.4, -0.2) is 19.8 Å². The number of hydrogen-bond donors (Lipinski definition) is 0. The van der Waals surface area contributed by atoms with E-state index in [2.05, 4.69) is 18.2 Å². The molecule has 2 aromatic carbocycles. The third-order valence-corrected chi connectivity index (χ3v) is 3.24. The van der Waals surface area contributed by atoms with Gasteiger partial charge in [0.1, 0.15) is 0 Å². The van der Waals surface area contributed by atoms with Crippen molar-refractivity contribution in [2.24, 2.45) is 0 Å². The monoisotopic (exact) mass is 312 g/mol. The van der Waals surface area contributed by atoms with Crippen LogP contribution in [0.1, 0.15) is 31.9 Å². The maximum absolute atomic E-state index is 5.84. The van der Waals surface area contributed by atoms with Gasteiger partial charge in [0.2, 0.25) is 5.75 Å². The zero-order chi connectivity index (χ0) is 16.5. The highest BCUT2D eigenvalue weighted by atomic mass is 16.5. The third-order valence-electron chi connectivity index (χ3n) is 3.24. The Hall–Kier alpha value is -2.42. The summed E-state index contributed by atoms with van der Waals surface area (Å²) in [6, 6.07) is 14.1. The third kappa shape index (κ3) is 4.52. The molecule has 23 heavy (non-hydrogen) atoms. The molecule has 0 heterocycles. The van der Waals surface area contributed by atoms with Crippen molar-refractivity contribution in [3.05, 3.63) is 53.6 Å². The van der Waals surface area contributed by atoms with Crippen LogP contribution < -0.4 is 14.2 Å². The van der Waals surface area contributed by atoms with Crippen LogP contribution in [0.3, 0.4) is 0 Å². The Labute approximate surface area is 138 Å². The van der Waals surface area contributed by atoms with Gasteiger partial charge in [-0.05, 0) is 38.5 Å². The Kier molecular flexibility index (Phi) is 6.55. The topological polar surface area (TPSA) is 27.7 Å². The minimum absolute atomic E-state index is 0.562. The normalized spacial score (nSPS) is 10.7. The average Bonchev–Trinajstić information content (AvgIpc) is 2.58. The zero-order valence-corrected chi connectivity index (χ0v) is 14.0. The first-order valence-corrected chi connectivity index (χ1v) is 8.08. The standard InChI is InChI=1S/C20H24O3/c1-4-21-18-15-14-17(13-12-16-10-8-7-9-11-16)19(22-5-2)20(18)23-6-3/h7-15H,4-6H2,1-3H3. The minimum atomic E-state index is 0.562. The van der Waals surface area contributed by atoms with E-state index >= 15 is 0 Å². The lowest BCUT2D eigenvalue weighted by Crippen LogP contribution is -2.03. The van der Waals surface area contributed by atoms with Crippen LogP contribution in [0.5, 0.6) is 17.2 Å². The molecule has 0 N–H and O–H groups in total. The van der Waals surface area contributed by atoms with Crippen molar-refractivity contribution >= 4 is 12.2 Å². The van der Waals surface area contributed by atoms with Crippen molar-refractivity contribution < 1.29 is 14.2 Å². The van der Waals surface area contributed by atoms with Gasteiger partial charge in [0, 0.05) is 5.56 Å². The molecule has 0 atom stereocenters. The number of ether oxygens (including phenoxy) is 3. The smallest absolute Gasteiger partial charge is 0.204 e. The molecular formula is C20H24O3. The highest BCUT2D eigenvalue weighted by Crippen LogP contribution is 2.41. The van der Waals surface area contributed by atoms with Crippen LogP contribution in [0.25, 0.3) is 12.2 Å². The van der Waals surface area contributed by atoms with Crippen molar-refractivity contribution in [1.82, 2.24) is 0 Å². The predicted molar refractivity (Wildman–Crippen MR) is 95.3 cm³/mol. The first kappa shape index (κ1) is 16.9. The fourth-order valence-corrected chi connectivity index (χ4v) is 2.28. The molecule has 2 rings (SSSR count). The summed E-state index contributed by atoms with van der Waals surface area (Å²) in [5.74, 6) is 2.12. The Morgan fingerprint density at radius 1 is 0.696 bits per heavy atom. The predicted octanol–water partition coefficient (Wildman–Crippen LogP) is 5.05. The molecule has 0 saturated carbocycles. The molecule has 122 valence electrons. The lowest BCUT2D eigenvalue weighted by Gasteiger charge is -2.17. The molecule has 3 nitrogen and oxygen atoms in total. The number of rotatable bonds is 8. The van der Waals surface area contributed by atoms with Gasteiger partial charge in [-0.15, -0.1) is 0 Å². The van der Waals surface area contributed by atoms with Gasteiger partial charge in [-0.2, -0.15) is 0 Å². The van der Waals surface area contributed by atoms with Crippen molar-refractivity contribution in [3.8, 4) is 17.2 Å². The van der Waals surface area contributed by atoms with Gasteiger partial charge in [-0.25, -0.2) is 0 Å². The summed E-state index contributed by atoms with van der Waals surface area (Å²) in [5.41, 5.74) is 2.12. The molecule has 2 aromatic rings. The maximum atomic E-state index is 5.84. The SMILES string of the molecule is CCOc1ccc(C=Cc2ccccc2)c(OCC)c1OCC. The van der Waals surface area contributed by atoms with E-state index in [1.54, 1.807) is 0 Å². The molecule has 0 spiro atoms. The summed E-state index contributed by atoms with van der Waals surface area (Å²) in [5, 5.41) is 0. The summed E-state index contributed by atoms with van der Waals surface area (Å²) in [4.78, 5) is 0. The highest BCUT2D eigenvalue weighted by molar-refractivity contribution is 5.75. The summed E-state index contributed by atoms with van der Waals surface area (Å²) in [7, 11) is 0. The van der Waals surface area contributed by atoms with Crippen LogP contribution in [0.2, 0.25) is 0 Å². The van der Waals surface area contributed by atoms with Crippen molar-refractivity contribution in [2.45, 2.75) is 20.8 Å². The molecule has 0 saturated heterocycles.